The van der Waals surface area contributed by atoms with Crippen molar-refractivity contribution in [2.45, 2.75) is 6.61 Å². The van der Waals surface area contributed by atoms with Crippen LogP contribution in [0.15, 0.2) is 70.1 Å². The van der Waals surface area contributed by atoms with Gasteiger partial charge in [0.25, 0.3) is 5.89 Å². The molecular weight excluding hydrogens is 370 g/mol. The number of benzene rings is 2. The number of carbonyl (C=O) groups is 1. The van der Waals surface area contributed by atoms with Crippen LogP contribution in [0.3, 0.4) is 0 Å². The van der Waals surface area contributed by atoms with E-state index in [0.29, 0.717) is 22.2 Å². The second-order valence-corrected chi connectivity index (χ2v) is 5.97. The van der Waals surface area contributed by atoms with E-state index in [-0.39, 0.29) is 12.5 Å². The van der Waals surface area contributed by atoms with Gasteiger partial charge in [-0.25, -0.2) is 9.78 Å². The van der Waals surface area contributed by atoms with E-state index in [2.05, 4.69) is 15.1 Å². The lowest BCUT2D eigenvalue weighted by atomic mass is 10.1. The SMILES string of the molecule is O=C(OCc1nc(-c2ccc(Cl)cc2)no1)c1ccc(-c2cnco2)cc1. The normalized spacial score (nSPS) is 10.7. The van der Waals surface area contributed by atoms with Crippen molar-refractivity contribution in [2.24, 2.45) is 0 Å². The molecule has 4 aromatic rings. The van der Waals surface area contributed by atoms with Gasteiger partial charge in [0.2, 0.25) is 5.82 Å². The van der Waals surface area contributed by atoms with Crippen LogP contribution < -0.4 is 0 Å². The molecule has 0 atom stereocenters. The summed E-state index contributed by atoms with van der Waals surface area (Å²) in [6, 6.07) is 13.8. The third-order valence-corrected chi connectivity index (χ3v) is 3.99. The third-order valence-electron chi connectivity index (χ3n) is 3.73. The number of ether oxygens (including phenoxy) is 1. The Morgan fingerprint density at radius 3 is 2.48 bits per heavy atom. The first kappa shape index (κ1) is 17.0. The van der Waals surface area contributed by atoms with E-state index in [1.165, 1.54) is 6.39 Å². The van der Waals surface area contributed by atoms with Gasteiger partial charge in [-0.1, -0.05) is 28.9 Å². The van der Waals surface area contributed by atoms with Gasteiger partial charge in [-0.15, -0.1) is 0 Å². The fraction of sp³-hybridized carbons (Fsp3) is 0.0526. The van der Waals surface area contributed by atoms with Crippen LogP contribution in [0.4, 0.5) is 0 Å². The lowest BCUT2D eigenvalue weighted by Crippen LogP contribution is -2.05. The fourth-order valence-electron chi connectivity index (χ4n) is 2.37. The highest BCUT2D eigenvalue weighted by atomic mass is 35.5. The van der Waals surface area contributed by atoms with Crippen LogP contribution in [0.25, 0.3) is 22.7 Å². The zero-order valence-corrected chi connectivity index (χ0v) is 14.6. The van der Waals surface area contributed by atoms with E-state index < -0.39 is 5.97 Å². The Morgan fingerprint density at radius 2 is 1.78 bits per heavy atom. The van der Waals surface area contributed by atoms with E-state index in [1.54, 1.807) is 54.7 Å². The Balaban J connectivity index is 1.38. The largest absolute Gasteiger partial charge is 0.452 e. The molecule has 2 aromatic heterocycles. The van der Waals surface area contributed by atoms with Crippen LogP contribution in [0.1, 0.15) is 16.2 Å². The van der Waals surface area contributed by atoms with Crippen molar-refractivity contribution in [1.82, 2.24) is 15.1 Å². The molecule has 8 heteroatoms. The van der Waals surface area contributed by atoms with Crippen LogP contribution in [0, 0.1) is 0 Å². The Hall–Kier alpha value is -3.45. The summed E-state index contributed by atoms with van der Waals surface area (Å²) in [5.74, 6) is 0.724. The average molecular weight is 382 g/mol. The smallest absolute Gasteiger partial charge is 0.338 e. The van der Waals surface area contributed by atoms with E-state index in [9.17, 15) is 4.79 Å². The number of aromatic nitrogens is 3. The number of rotatable bonds is 5. The van der Waals surface area contributed by atoms with Crippen molar-refractivity contribution in [3.05, 3.63) is 77.6 Å². The maximum atomic E-state index is 12.2. The molecule has 134 valence electrons. The van der Waals surface area contributed by atoms with Crippen molar-refractivity contribution in [3.63, 3.8) is 0 Å². The maximum Gasteiger partial charge on any atom is 0.338 e. The number of nitrogens with zero attached hydrogens (tertiary/aromatic N) is 3. The first-order chi connectivity index (χ1) is 13.2. The Bertz CT molecular complexity index is 1040. The minimum atomic E-state index is -0.495. The van der Waals surface area contributed by atoms with Crippen LogP contribution in [-0.2, 0) is 11.3 Å². The van der Waals surface area contributed by atoms with Gasteiger partial charge in [-0.3, -0.25) is 0 Å². The molecule has 2 heterocycles. The van der Waals surface area contributed by atoms with Gasteiger partial charge in [0.1, 0.15) is 0 Å². The van der Waals surface area contributed by atoms with Gasteiger partial charge < -0.3 is 13.7 Å². The highest BCUT2D eigenvalue weighted by Gasteiger charge is 2.13. The molecule has 0 amide bonds. The molecule has 0 saturated heterocycles. The summed E-state index contributed by atoms with van der Waals surface area (Å²) >= 11 is 5.86. The maximum absolute atomic E-state index is 12.2. The lowest BCUT2D eigenvalue weighted by molar-refractivity contribution is 0.0430. The minimum Gasteiger partial charge on any atom is -0.452 e. The van der Waals surface area contributed by atoms with Crippen LogP contribution in [0.5, 0.6) is 0 Å². The standard InChI is InChI=1S/C19H12ClN3O4/c20-15-7-5-13(6-8-15)18-22-17(27-23-18)10-25-19(24)14-3-1-12(2-4-14)16-9-21-11-26-16/h1-9,11H,10H2. The van der Waals surface area contributed by atoms with Crippen LogP contribution in [-0.4, -0.2) is 21.1 Å². The number of hydrogen-bond donors (Lipinski definition) is 0. The highest BCUT2D eigenvalue weighted by molar-refractivity contribution is 6.30. The summed E-state index contributed by atoms with van der Waals surface area (Å²) in [5.41, 5.74) is 1.97. The number of carbonyl (C=O) groups excluding carboxylic acids is 1. The van der Waals surface area contributed by atoms with E-state index in [0.717, 1.165) is 11.1 Å². The fourth-order valence-corrected chi connectivity index (χ4v) is 2.50. The molecule has 0 radical (unpaired) electrons. The number of esters is 1. The van der Waals surface area contributed by atoms with E-state index in [4.69, 9.17) is 25.3 Å². The second kappa shape index (κ2) is 7.43. The summed E-state index contributed by atoms with van der Waals surface area (Å²) < 4.78 is 15.5. The molecule has 0 aliphatic rings. The van der Waals surface area contributed by atoms with Crippen molar-refractivity contribution in [2.75, 3.05) is 0 Å². The van der Waals surface area contributed by atoms with Gasteiger partial charge in [0.15, 0.2) is 18.8 Å². The Kier molecular flexibility index (Phi) is 4.67. The molecule has 7 nitrogen and oxygen atoms in total. The topological polar surface area (TPSA) is 91.2 Å². The first-order valence-electron chi connectivity index (χ1n) is 7.93. The van der Waals surface area contributed by atoms with Crippen LogP contribution in [0.2, 0.25) is 5.02 Å². The highest BCUT2D eigenvalue weighted by Crippen LogP contribution is 2.20. The zero-order valence-electron chi connectivity index (χ0n) is 13.8. The molecule has 0 saturated carbocycles. The van der Waals surface area contributed by atoms with E-state index >= 15 is 0 Å². The molecule has 0 bridgehead atoms. The van der Waals surface area contributed by atoms with E-state index in [1.807, 2.05) is 0 Å². The summed E-state index contributed by atoms with van der Waals surface area (Å²) in [6.45, 7) is -0.122. The lowest BCUT2D eigenvalue weighted by Gasteiger charge is -2.02. The average Bonchev–Trinajstić information content (AvgIpc) is 3.39. The molecule has 2 aromatic carbocycles. The Morgan fingerprint density at radius 1 is 1.04 bits per heavy atom. The third kappa shape index (κ3) is 3.88. The van der Waals surface area contributed by atoms with Crippen molar-refractivity contribution < 1.29 is 18.5 Å². The Labute approximate surface area is 158 Å². The monoisotopic (exact) mass is 381 g/mol. The molecule has 0 unspecified atom stereocenters. The predicted octanol–water partition coefficient (Wildman–Crippen LogP) is 4.40. The van der Waals surface area contributed by atoms with Gasteiger partial charge in [-0.05, 0) is 36.4 Å². The van der Waals surface area contributed by atoms with Gasteiger partial charge in [0.05, 0.1) is 11.8 Å². The first-order valence-corrected chi connectivity index (χ1v) is 8.31. The number of halogens is 1. The zero-order chi connectivity index (χ0) is 18.6. The van der Waals surface area contributed by atoms with Gasteiger partial charge in [-0.2, -0.15) is 4.98 Å². The molecule has 0 spiro atoms. The van der Waals surface area contributed by atoms with Crippen molar-refractivity contribution >= 4 is 17.6 Å². The second-order valence-electron chi connectivity index (χ2n) is 5.54. The summed E-state index contributed by atoms with van der Waals surface area (Å²) in [7, 11) is 0. The summed E-state index contributed by atoms with van der Waals surface area (Å²) in [4.78, 5) is 20.2. The molecule has 0 aliphatic carbocycles. The minimum absolute atomic E-state index is 0.122. The molecular formula is C19H12ClN3O4. The molecule has 27 heavy (non-hydrogen) atoms. The quantitative estimate of drug-likeness (QED) is 0.473. The van der Waals surface area contributed by atoms with Gasteiger partial charge in [0, 0.05) is 16.1 Å². The predicted molar refractivity (Wildman–Crippen MR) is 95.8 cm³/mol. The molecule has 0 fully saturated rings. The number of oxazole rings is 1. The van der Waals surface area contributed by atoms with Crippen molar-refractivity contribution in [1.29, 1.82) is 0 Å². The summed E-state index contributed by atoms with van der Waals surface area (Å²) in [6.07, 6.45) is 2.95. The van der Waals surface area contributed by atoms with Crippen molar-refractivity contribution in [3.8, 4) is 22.7 Å². The van der Waals surface area contributed by atoms with Crippen LogP contribution >= 0.6 is 11.6 Å². The molecule has 0 N–H and O–H groups in total. The molecule has 0 aliphatic heterocycles. The molecule has 4 rings (SSSR count). The number of hydrogen-bond acceptors (Lipinski definition) is 7. The summed E-state index contributed by atoms with van der Waals surface area (Å²) in [5, 5.41) is 4.49. The van der Waals surface area contributed by atoms with Gasteiger partial charge >= 0.3 is 5.97 Å².